The van der Waals surface area contributed by atoms with Crippen molar-refractivity contribution in [1.29, 1.82) is 0 Å². The molecule has 0 aliphatic rings. The summed E-state index contributed by atoms with van der Waals surface area (Å²) in [7, 11) is -3.81. The van der Waals surface area contributed by atoms with Gasteiger partial charge in [0.15, 0.2) is 0 Å². The first-order valence-electron chi connectivity index (χ1n) is 8.45. The Bertz CT molecular complexity index is 906. The fourth-order valence-corrected chi connectivity index (χ4v) is 4.20. The van der Waals surface area contributed by atoms with Crippen molar-refractivity contribution in [2.24, 2.45) is 0 Å². The largest absolute Gasteiger partial charge is 0.348 e. The summed E-state index contributed by atoms with van der Waals surface area (Å²) in [5.41, 5.74) is 1.04. The lowest BCUT2D eigenvalue weighted by atomic mass is 10.1. The summed E-state index contributed by atoms with van der Waals surface area (Å²) < 4.78 is 39.3. The lowest BCUT2D eigenvalue weighted by Gasteiger charge is -2.31. The number of benzene rings is 2. The molecule has 2 atom stereocenters. The van der Waals surface area contributed by atoms with E-state index in [2.05, 4.69) is 5.32 Å². The number of sulfonamides is 1. The van der Waals surface area contributed by atoms with Gasteiger partial charge in [-0.25, -0.2) is 12.8 Å². The Labute approximate surface area is 164 Å². The minimum atomic E-state index is -3.81. The molecule has 0 spiro atoms. The Kier molecular flexibility index (Phi) is 6.84. The van der Waals surface area contributed by atoms with E-state index < -0.39 is 27.8 Å². The number of anilines is 1. The number of amides is 1. The molecule has 0 unspecified atom stereocenters. The standard InChI is InChI=1S/C19H22ClFN2O3S/c1-4-18(19(24)22-13(2)14-8-6-5-7-9-14)23(27(3,25)26)15-10-11-17(21)16(20)12-15/h5-13,18H,4H2,1-3H3,(H,22,24)/t13-,18+/m0/s1. The molecule has 0 saturated heterocycles. The van der Waals surface area contributed by atoms with Crippen LogP contribution in [-0.2, 0) is 14.8 Å². The molecule has 0 aliphatic carbocycles. The number of rotatable bonds is 7. The molecule has 5 nitrogen and oxygen atoms in total. The fraction of sp³-hybridized carbons (Fsp3) is 0.316. The van der Waals surface area contributed by atoms with Gasteiger partial charge in [0.25, 0.3) is 0 Å². The molecule has 2 rings (SSSR count). The molecule has 0 fully saturated rings. The van der Waals surface area contributed by atoms with Gasteiger partial charge in [0.05, 0.1) is 23.0 Å². The van der Waals surface area contributed by atoms with Crippen LogP contribution in [-0.4, -0.2) is 26.6 Å². The number of carbonyl (C=O) groups excluding carboxylic acids is 1. The first-order chi connectivity index (χ1) is 12.6. The van der Waals surface area contributed by atoms with Crippen LogP contribution in [0.3, 0.4) is 0 Å². The monoisotopic (exact) mass is 412 g/mol. The highest BCUT2D eigenvalue weighted by Gasteiger charge is 2.32. The van der Waals surface area contributed by atoms with E-state index in [4.69, 9.17) is 11.6 Å². The molecule has 2 aromatic carbocycles. The van der Waals surface area contributed by atoms with Gasteiger partial charge in [-0.3, -0.25) is 9.10 Å². The molecule has 0 aliphatic heterocycles. The highest BCUT2D eigenvalue weighted by atomic mass is 35.5. The SMILES string of the molecule is CC[C@H](C(=O)N[C@@H](C)c1ccccc1)N(c1ccc(F)c(Cl)c1)S(C)(=O)=O. The maximum Gasteiger partial charge on any atom is 0.244 e. The third-order valence-electron chi connectivity index (χ3n) is 4.15. The third-order valence-corrected chi connectivity index (χ3v) is 5.62. The second-order valence-corrected chi connectivity index (χ2v) is 8.49. The van der Waals surface area contributed by atoms with Gasteiger partial charge in [0.1, 0.15) is 11.9 Å². The van der Waals surface area contributed by atoms with Crippen molar-refractivity contribution < 1.29 is 17.6 Å². The molecular weight excluding hydrogens is 391 g/mol. The van der Waals surface area contributed by atoms with Gasteiger partial charge in [0, 0.05) is 0 Å². The van der Waals surface area contributed by atoms with E-state index in [1.807, 2.05) is 37.3 Å². The second-order valence-electron chi connectivity index (χ2n) is 6.22. The summed E-state index contributed by atoms with van der Waals surface area (Å²) in [6.07, 6.45) is 1.23. The van der Waals surface area contributed by atoms with Crippen molar-refractivity contribution in [3.8, 4) is 0 Å². The van der Waals surface area contributed by atoms with Crippen molar-refractivity contribution in [1.82, 2.24) is 5.32 Å². The van der Waals surface area contributed by atoms with Crippen LogP contribution >= 0.6 is 11.6 Å². The van der Waals surface area contributed by atoms with Gasteiger partial charge in [-0.15, -0.1) is 0 Å². The lowest BCUT2D eigenvalue weighted by molar-refractivity contribution is -0.122. The van der Waals surface area contributed by atoms with E-state index in [0.29, 0.717) is 0 Å². The average Bonchev–Trinajstić information content (AvgIpc) is 2.61. The van der Waals surface area contributed by atoms with Gasteiger partial charge < -0.3 is 5.32 Å². The van der Waals surface area contributed by atoms with Crippen molar-refractivity contribution >= 4 is 33.2 Å². The fourth-order valence-electron chi connectivity index (χ4n) is 2.82. The first-order valence-corrected chi connectivity index (χ1v) is 10.7. The number of halogens is 2. The molecule has 27 heavy (non-hydrogen) atoms. The normalized spacial score (nSPS) is 13.7. The molecule has 0 heterocycles. The Morgan fingerprint density at radius 3 is 2.37 bits per heavy atom. The average molecular weight is 413 g/mol. The number of hydrogen-bond acceptors (Lipinski definition) is 3. The topological polar surface area (TPSA) is 66.5 Å². The van der Waals surface area contributed by atoms with Gasteiger partial charge in [-0.2, -0.15) is 0 Å². The zero-order chi connectivity index (χ0) is 20.2. The van der Waals surface area contributed by atoms with Gasteiger partial charge in [-0.1, -0.05) is 48.9 Å². The van der Waals surface area contributed by atoms with Crippen LogP contribution in [0.25, 0.3) is 0 Å². The van der Waals surface area contributed by atoms with Crippen LogP contribution in [0.2, 0.25) is 5.02 Å². The molecule has 2 aromatic rings. The molecular formula is C19H22ClFN2O3S. The Balaban J connectivity index is 2.34. The Morgan fingerprint density at radius 2 is 1.85 bits per heavy atom. The molecule has 8 heteroatoms. The Morgan fingerprint density at radius 1 is 1.22 bits per heavy atom. The highest BCUT2D eigenvalue weighted by molar-refractivity contribution is 7.92. The van der Waals surface area contributed by atoms with Crippen LogP contribution < -0.4 is 9.62 Å². The third kappa shape index (κ3) is 5.20. The van der Waals surface area contributed by atoms with Crippen molar-refractivity contribution in [2.45, 2.75) is 32.4 Å². The number of nitrogens with one attached hydrogen (secondary N) is 1. The smallest absolute Gasteiger partial charge is 0.244 e. The van der Waals surface area contributed by atoms with E-state index in [0.717, 1.165) is 22.2 Å². The number of carbonyl (C=O) groups is 1. The zero-order valence-corrected chi connectivity index (χ0v) is 16.9. The quantitative estimate of drug-likeness (QED) is 0.749. The van der Waals surface area contributed by atoms with Crippen molar-refractivity contribution in [3.05, 3.63) is 64.9 Å². The van der Waals surface area contributed by atoms with Gasteiger partial charge in [-0.05, 0) is 37.1 Å². The van der Waals surface area contributed by atoms with E-state index >= 15 is 0 Å². The summed E-state index contributed by atoms with van der Waals surface area (Å²) in [4.78, 5) is 12.8. The maximum absolute atomic E-state index is 13.5. The summed E-state index contributed by atoms with van der Waals surface area (Å²) in [6.45, 7) is 3.53. The van der Waals surface area contributed by atoms with Crippen LogP contribution in [0.5, 0.6) is 0 Å². The summed E-state index contributed by atoms with van der Waals surface area (Å²) in [5, 5.41) is 2.63. The Hall–Kier alpha value is -2.12. The van der Waals surface area contributed by atoms with Crippen LogP contribution in [0.1, 0.15) is 31.9 Å². The van der Waals surface area contributed by atoms with Crippen LogP contribution in [0, 0.1) is 5.82 Å². The summed E-state index contributed by atoms with van der Waals surface area (Å²) in [5.74, 6) is -1.11. The predicted molar refractivity (Wildman–Crippen MR) is 106 cm³/mol. The molecule has 146 valence electrons. The molecule has 0 radical (unpaired) electrons. The predicted octanol–water partition coefficient (Wildman–Crippen LogP) is 3.90. The number of hydrogen-bond donors (Lipinski definition) is 1. The van der Waals surface area contributed by atoms with Crippen molar-refractivity contribution in [3.63, 3.8) is 0 Å². The van der Waals surface area contributed by atoms with E-state index in [9.17, 15) is 17.6 Å². The van der Waals surface area contributed by atoms with E-state index in [1.54, 1.807) is 6.92 Å². The molecule has 0 bridgehead atoms. The maximum atomic E-state index is 13.5. The summed E-state index contributed by atoms with van der Waals surface area (Å²) in [6, 6.07) is 11.6. The first kappa shape index (κ1) is 21.2. The van der Waals surface area contributed by atoms with E-state index in [-0.39, 0.29) is 23.2 Å². The summed E-state index contributed by atoms with van der Waals surface area (Å²) >= 11 is 5.80. The van der Waals surface area contributed by atoms with E-state index in [1.165, 1.54) is 12.1 Å². The second kappa shape index (κ2) is 8.71. The minimum absolute atomic E-state index is 0.137. The molecule has 0 saturated carbocycles. The highest BCUT2D eigenvalue weighted by Crippen LogP contribution is 2.27. The van der Waals surface area contributed by atoms with Crippen LogP contribution in [0.15, 0.2) is 48.5 Å². The van der Waals surface area contributed by atoms with Crippen LogP contribution in [0.4, 0.5) is 10.1 Å². The lowest BCUT2D eigenvalue weighted by Crippen LogP contribution is -2.49. The van der Waals surface area contributed by atoms with Gasteiger partial charge in [0.2, 0.25) is 15.9 Å². The molecule has 0 aromatic heterocycles. The van der Waals surface area contributed by atoms with Gasteiger partial charge >= 0.3 is 0 Å². The minimum Gasteiger partial charge on any atom is -0.348 e. The van der Waals surface area contributed by atoms with Crippen molar-refractivity contribution in [2.75, 3.05) is 10.6 Å². The number of nitrogens with zero attached hydrogens (tertiary/aromatic N) is 1. The molecule has 1 amide bonds. The zero-order valence-electron chi connectivity index (χ0n) is 15.3. The molecule has 1 N–H and O–H groups in total.